The van der Waals surface area contributed by atoms with E-state index in [1.165, 1.54) is 0 Å². The van der Waals surface area contributed by atoms with Crippen LogP contribution in [0.4, 0.5) is 0 Å². The Hall–Kier alpha value is -1.17. The lowest BCUT2D eigenvalue weighted by molar-refractivity contribution is -0.134. The fourth-order valence-corrected chi connectivity index (χ4v) is 3.84. The molecule has 0 aliphatic rings. The van der Waals surface area contributed by atoms with Gasteiger partial charge in [0.15, 0.2) is 0 Å². The summed E-state index contributed by atoms with van der Waals surface area (Å²) in [6.45, 7) is 8.43. The molecule has 1 aromatic carbocycles. The van der Waals surface area contributed by atoms with Crippen molar-refractivity contribution >= 4 is 14.0 Å². The summed E-state index contributed by atoms with van der Waals surface area (Å²) in [6, 6.07) is 9.35. The van der Waals surface area contributed by atoms with Crippen LogP contribution in [0.1, 0.15) is 18.6 Å². The summed E-state index contributed by atoms with van der Waals surface area (Å²) in [7, 11) is 0.322. The summed E-state index contributed by atoms with van der Waals surface area (Å²) < 4.78 is 0. The number of hydrogen-bond acceptors (Lipinski definition) is 3. The second-order valence-corrected chi connectivity index (χ2v) is 12.4. The second kappa shape index (κ2) is 7.20. The van der Waals surface area contributed by atoms with Gasteiger partial charge in [0.2, 0.25) is 5.91 Å². The van der Waals surface area contributed by atoms with Gasteiger partial charge < -0.3 is 15.7 Å². The second-order valence-electron chi connectivity index (χ2n) is 6.92. The fraction of sp³-hybridized carbons (Fsp3) is 0.562. The molecule has 3 N–H and O–H groups in total. The van der Waals surface area contributed by atoms with Crippen molar-refractivity contribution in [1.82, 2.24) is 4.90 Å². The predicted octanol–water partition coefficient (Wildman–Crippen LogP) is 2.23. The van der Waals surface area contributed by atoms with Crippen molar-refractivity contribution in [2.24, 2.45) is 5.73 Å². The van der Waals surface area contributed by atoms with Crippen molar-refractivity contribution in [3.63, 3.8) is 0 Å². The van der Waals surface area contributed by atoms with Gasteiger partial charge in [-0.05, 0) is 18.5 Å². The minimum Gasteiger partial charge on any atom is -0.386 e. The maximum Gasteiger partial charge on any atom is 0.239 e. The molecule has 0 unspecified atom stereocenters. The van der Waals surface area contributed by atoms with E-state index < -0.39 is 20.2 Å². The van der Waals surface area contributed by atoms with Crippen molar-refractivity contribution in [2.75, 3.05) is 7.05 Å². The zero-order chi connectivity index (χ0) is 16.2. The van der Waals surface area contributed by atoms with Crippen LogP contribution in [0.15, 0.2) is 30.3 Å². The zero-order valence-electron chi connectivity index (χ0n) is 13.7. The van der Waals surface area contributed by atoms with Crippen molar-refractivity contribution in [2.45, 2.75) is 50.8 Å². The van der Waals surface area contributed by atoms with Gasteiger partial charge in [-0.2, -0.15) is 0 Å². The van der Waals surface area contributed by atoms with Gasteiger partial charge in [0.1, 0.15) is 0 Å². The summed E-state index contributed by atoms with van der Waals surface area (Å²) in [5.41, 5.74) is 6.85. The summed E-state index contributed by atoms with van der Waals surface area (Å²) in [5.74, 6) is -0.0973. The number of carbonyl (C=O) groups excluding carboxylic acids is 1. The summed E-state index contributed by atoms with van der Waals surface area (Å²) in [6.07, 6.45) is -0.709. The number of nitrogens with zero attached hydrogens (tertiary/aromatic N) is 1. The van der Waals surface area contributed by atoms with E-state index in [2.05, 4.69) is 19.6 Å². The Morgan fingerprint density at radius 2 is 1.81 bits per heavy atom. The van der Waals surface area contributed by atoms with Crippen LogP contribution >= 0.6 is 0 Å². The van der Waals surface area contributed by atoms with Crippen LogP contribution in [0.25, 0.3) is 0 Å². The molecule has 0 aromatic heterocycles. The lowest BCUT2D eigenvalue weighted by atomic mass is 10.0. The Kier molecular flexibility index (Phi) is 6.13. The molecule has 4 nitrogen and oxygen atoms in total. The van der Waals surface area contributed by atoms with Gasteiger partial charge in [0, 0.05) is 15.1 Å². The SMILES string of the molecule is C[C@H]([C@H](O)c1ccccc1)N(C)C(=O)[C@@H](N)C[Si](C)(C)C. The first-order valence-corrected chi connectivity index (χ1v) is 11.1. The van der Waals surface area contributed by atoms with Crippen LogP contribution < -0.4 is 5.73 Å². The lowest BCUT2D eigenvalue weighted by Gasteiger charge is -2.32. The van der Waals surface area contributed by atoms with Gasteiger partial charge in [-0.3, -0.25) is 4.79 Å². The van der Waals surface area contributed by atoms with Gasteiger partial charge in [-0.1, -0.05) is 50.0 Å². The maximum absolute atomic E-state index is 12.4. The summed E-state index contributed by atoms with van der Waals surface area (Å²) in [5, 5.41) is 10.4. The smallest absolute Gasteiger partial charge is 0.239 e. The molecular weight excluding hydrogens is 280 g/mol. The molecule has 0 radical (unpaired) electrons. The highest BCUT2D eigenvalue weighted by Crippen LogP contribution is 2.21. The largest absolute Gasteiger partial charge is 0.386 e. The average Bonchev–Trinajstić information content (AvgIpc) is 2.43. The van der Waals surface area contributed by atoms with Gasteiger partial charge in [-0.25, -0.2) is 0 Å². The Morgan fingerprint density at radius 1 is 1.29 bits per heavy atom. The number of rotatable bonds is 6. The monoisotopic (exact) mass is 308 g/mol. The number of likely N-dealkylation sites (N-methyl/N-ethyl adjacent to an activating group) is 1. The van der Waals surface area contributed by atoms with Crippen LogP contribution in [0.5, 0.6) is 0 Å². The first kappa shape index (κ1) is 17.9. The number of benzene rings is 1. The quantitative estimate of drug-likeness (QED) is 0.792. The molecule has 0 saturated heterocycles. The van der Waals surface area contributed by atoms with E-state index in [0.717, 1.165) is 11.6 Å². The number of hydrogen-bond donors (Lipinski definition) is 2. The molecule has 21 heavy (non-hydrogen) atoms. The molecule has 0 heterocycles. The molecular formula is C16H28N2O2Si. The van der Waals surface area contributed by atoms with E-state index >= 15 is 0 Å². The molecule has 0 saturated carbocycles. The van der Waals surface area contributed by atoms with E-state index in [0.29, 0.717) is 0 Å². The van der Waals surface area contributed by atoms with E-state index in [1.54, 1.807) is 11.9 Å². The van der Waals surface area contributed by atoms with Gasteiger partial charge >= 0.3 is 0 Å². The van der Waals surface area contributed by atoms with Crippen LogP contribution in [0, 0.1) is 0 Å². The molecule has 0 spiro atoms. The first-order valence-electron chi connectivity index (χ1n) is 7.39. The number of nitrogens with two attached hydrogens (primary N) is 1. The molecule has 5 heteroatoms. The number of carbonyl (C=O) groups is 1. The number of amides is 1. The molecule has 1 rings (SSSR count). The van der Waals surface area contributed by atoms with Crippen LogP contribution in [0.2, 0.25) is 25.7 Å². The molecule has 118 valence electrons. The highest BCUT2D eigenvalue weighted by Gasteiger charge is 2.29. The van der Waals surface area contributed by atoms with Crippen molar-refractivity contribution in [1.29, 1.82) is 0 Å². The molecule has 0 aliphatic heterocycles. The zero-order valence-corrected chi connectivity index (χ0v) is 14.7. The Morgan fingerprint density at radius 3 is 2.29 bits per heavy atom. The topological polar surface area (TPSA) is 66.6 Å². The predicted molar refractivity (Wildman–Crippen MR) is 89.8 cm³/mol. The first-order chi connectivity index (χ1) is 9.63. The number of aliphatic hydroxyl groups is 1. The number of aliphatic hydroxyl groups excluding tert-OH is 1. The Labute approximate surface area is 129 Å². The average molecular weight is 308 g/mol. The third-order valence-corrected chi connectivity index (χ3v) is 5.37. The van der Waals surface area contributed by atoms with E-state index in [1.807, 2.05) is 37.3 Å². The van der Waals surface area contributed by atoms with Crippen LogP contribution in [0.3, 0.4) is 0 Å². The van der Waals surface area contributed by atoms with Gasteiger partial charge in [-0.15, -0.1) is 0 Å². The van der Waals surface area contributed by atoms with Crippen molar-refractivity contribution < 1.29 is 9.90 Å². The van der Waals surface area contributed by atoms with E-state index in [-0.39, 0.29) is 11.9 Å². The summed E-state index contributed by atoms with van der Waals surface area (Å²) >= 11 is 0. The van der Waals surface area contributed by atoms with E-state index in [4.69, 9.17) is 5.73 Å². The highest BCUT2D eigenvalue weighted by molar-refractivity contribution is 6.76. The van der Waals surface area contributed by atoms with Crippen LogP contribution in [-0.4, -0.2) is 43.1 Å². The normalized spacial score (nSPS) is 16.1. The Bertz CT molecular complexity index is 459. The van der Waals surface area contributed by atoms with Crippen LogP contribution in [-0.2, 0) is 4.79 Å². The highest BCUT2D eigenvalue weighted by atomic mass is 28.3. The Balaban J connectivity index is 2.73. The third kappa shape index (κ3) is 5.26. The van der Waals surface area contributed by atoms with Gasteiger partial charge in [0.25, 0.3) is 0 Å². The standard InChI is InChI=1S/C16H28N2O2Si/c1-12(15(19)13-9-7-6-8-10-13)18(2)16(20)14(17)11-21(3,4)5/h6-10,12,14-15,19H,11,17H2,1-5H3/t12-,14+,15+/m1/s1. The minimum absolute atomic E-state index is 0.0973. The van der Waals surface area contributed by atoms with Crippen molar-refractivity contribution in [3.8, 4) is 0 Å². The van der Waals surface area contributed by atoms with E-state index in [9.17, 15) is 9.90 Å². The van der Waals surface area contributed by atoms with Crippen molar-refractivity contribution in [3.05, 3.63) is 35.9 Å². The molecule has 1 amide bonds. The molecule has 0 bridgehead atoms. The fourth-order valence-electron chi connectivity index (χ4n) is 2.35. The third-order valence-electron chi connectivity index (χ3n) is 3.71. The molecule has 0 fully saturated rings. The maximum atomic E-state index is 12.4. The molecule has 0 aliphatic carbocycles. The summed E-state index contributed by atoms with van der Waals surface area (Å²) in [4.78, 5) is 14.0. The minimum atomic E-state index is -1.39. The molecule has 3 atom stereocenters. The van der Waals surface area contributed by atoms with Gasteiger partial charge in [0.05, 0.1) is 18.2 Å². The molecule has 1 aromatic rings. The lowest BCUT2D eigenvalue weighted by Crippen LogP contribution is -2.49.